The number of hydrogen-bond acceptors (Lipinski definition) is 4. The molecule has 1 atom stereocenters. The van der Waals surface area contributed by atoms with E-state index in [0.717, 1.165) is 19.5 Å². The van der Waals surface area contributed by atoms with E-state index in [-0.39, 0.29) is 5.12 Å². The third-order valence-electron chi connectivity index (χ3n) is 2.53. The largest absolute Gasteiger partial charge is 0.313 e. The van der Waals surface area contributed by atoms with Crippen LogP contribution in [0.15, 0.2) is 22.4 Å². The van der Waals surface area contributed by atoms with Crippen LogP contribution in [0.1, 0.15) is 18.9 Å². The Morgan fingerprint density at radius 1 is 1.69 bits per heavy atom. The van der Waals surface area contributed by atoms with Gasteiger partial charge in [0.1, 0.15) is 0 Å². The standard InChI is InChI=1S/C12H15NOS2/c1-9(14)16-12-2-4-13-7-11(12)6-10-3-5-15-8-10/h3,5-6,8,12-13H,2,4,7H2,1H3. The Kier molecular flexibility index (Phi) is 4.21. The second-order valence-electron chi connectivity index (χ2n) is 3.84. The van der Waals surface area contributed by atoms with Gasteiger partial charge in [-0.15, -0.1) is 0 Å². The van der Waals surface area contributed by atoms with Crippen LogP contribution in [-0.2, 0) is 4.79 Å². The number of piperidine rings is 1. The van der Waals surface area contributed by atoms with Gasteiger partial charge in [0.25, 0.3) is 0 Å². The van der Waals surface area contributed by atoms with Crippen molar-refractivity contribution >= 4 is 34.3 Å². The van der Waals surface area contributed by atoms with Crippen LogP contribution in [0.4, 0.5) is 0 Å². The van der Waals surface area contributed by atoms with Crippen LogP contribution in [0.2, 0.25) is 0 Å². The number of carbonyl (C=O) groups excluding carboxylic acids is 1. The van der Waals surface area contributed by atoms with Crippen LogP contribution in [0.25, 0.3) is 6.08 Å². The molecule has 1 aromatic rings. The Bertz CT molecular complexity index is 384. The molecule has 1 aromatic heterocycles. The molecule has 4 heteroatoms. The summed E-state index contributed by atoms with van der Waals surface area (Å²) in [4.78, 5) is 11.2. The van der Waals surface area contributed by atoms with Crippen LogP contribution in [0.5, 0.6) is 0 Å². The van der Waals surface area contributed by atoms with Crippen molar-refractivity contribution < 1.29 is 4.79 Å². The molecule has 1 aliphatic heterocycles. The average molecular weight is 253 g/mol. The molecule has 1 saturated heterocycles. The van der Waals surface area contributed by atoms with Gasteiger partial charge in [-0.2, -0.15) is 11.3 Å². The molecule has 16 heavy (non-hydrogen) atoms. The Labute approximate surface area is 104 Å². The zero-order valence-corrected chi connectivity index (χ0v) is 10.9. The molecule has 0 radical (unpaired) electrons. The normalized spacial score (nSPS) is 23.6. The Balaban J connectivity index is 2.12. The number of hydrogen-bond donors (Lipinski definition) is 1. The minimum absolute atomic E-state index is 0.211. The molecule has 86 valence electrons. The quantitative estimate of drug-likeness (QED) is 0.878. The minimum Gasteiger partial charge on any atom is -0.313 e. The number of thiophene rings is 1. The molecule has 2 nitrogen and oxygen atoms in total. The lowest BCUT2D eigenvalue weighted by atomic mass is 10.0. The summed E-state index contributed by atoms with van der Waals surface area (Å²) >= 11 is 3.17. The summed E-state index contributed by atoms with van der Waals surface area (Å²) < 4.78 is 0. The van der Waals surface area contributed by atoms with E-state index in [0.29, 0.717) is 5.25 Å². The molecule has 0 saturated carbocycles. The zero-order chi connectivity index (χ0) is 11.4. The molecule has 0 bridgehead atoms. The second kappa shape index (κ2) is 5.66. The number of nitrogens with one attached hydrogen (secondary N) is 1. The van der Waals surface area contributed by atoms with Crippen molar-refractivity contribution in [3.8, 4) is 0 Å². The predicted molar refractivity (Wildman–Crippen MR) is 71.8 cm³/mol. The lowest BCUT2D eigenvalue weighted by Crippen LogP contribution is -2.32. The van der Waals surface area contributed by atoms with Crippen LogP contribution in [0, 0.1) is 0 Å². The molecule has 2 heterocycles. The van der Waals surface area contributed by atoms with Gasteiger partial charge >= 0.3 is 0 Å². The fourth-order valence-electron chi connectivity index (χ4n) is 1.82. The van der Waals surface area contributed by atoms with Gasteiger partial charge in [0.05, 0.1) is 0 Å². The number of thioether (sulfide) groups is 1. The van der Waals surface area contributed by atoms with E-state index < -0.39 is 0 Å². The van der Waals surface area contributed by atoms with E-state index in [2.05, 4.69) is 28.2 Å². The molecule has 1 N–H and O–H groups in total. The van der Waals surface area contributed by atoms with E-state index in [9.17, 15) is 4.79 Å². The molecule has 0 amide bonds. The Morgan fingerprint density at radius 2 is 2.56 bits per heavy atom. The summed E-state index contributed by atoms with van der Waals surface area (Å²) in [5.41, 5.74) is 2.59. The minimum atomic E-state index is 0.211. The van der Waals surface area contributed by atoms with Gasteiger partial charge in [0.15, 0.2) is 5.12 Å². The SMILES string of the molecule is CC(=O)SC1CCNCC1=Cc1ccsc1. The molecule has 1 unspecified atom stereocenters. The van der Waals surface area contributed by atoms with Gasteiger partial charge in [-0.3, -0.25) is 4.79 Å². The first kappa shape index (κ1) is 11.9. The van der Waals surface area contributed by atoms with Gasteiger partial charge in [-0.1, -0.05) is 17.8 Å². The third-order valence-corrected chi connectivity index (χ3v) is 4.39. The topological polar surface area (TPSA) is 29.1 Å². The molecule has 0 aliphatic carbocycles. The van der Waals surface area contributed by atoms with Crippen LogP contribution >= 0.6 is 23.1 Å². The molecule has 1 aliphatic rings. The highest BCUT2D eigenvalue weighted by Gasteiger charge is 2.20. The first-order valence-corrected chi connectivity index (χ1v) is 7.18. The third kappa shape index (κ3) is 3.20. The van der Waals surface area contributed by atoms with Crippen molar-refractivity contribution in [1.82, 2.24) is 5.32 Å². The molecule has 0 aromatic carbocycles. The van der Waals surface area contributed by atoms with Gasteiger partial charge < -0.3 is 5.32 Å². The number of carbonyl (C=O) groups is 1. The number of rotatable bonds is 2. The van der Waals surface area contributed by atoms with Crippen LogP contribution in [-0.4, -0.2) is 23.5 Å². The molecular weight excluding hydrogens is 238 g/mol. The van der Waals surface area contributed by atoms with Crippen molar-refractivity contribution in [3.05, 3.63) is 28.0 Å². The lowest BCUT2D eigenvalue weighted by Gasteiger charge is -2.24. The highest BCUT2D eigenvalue weighted by molar-refractivity contribution is 8.14. The fourth-order valence-corrected chi connectivity index (χ4v) is 3.37. The highest BCUT2D eigenvalue weighted by atomic mass is 32.2. The Hall–Kier alpha value is -0.580. The van der Waals surface area contributed by atoms with E-state index in [1.165, 1.54) is 22.9 Å². The van der Waals surface area contributed by atoms with Crippen molar-refractivity contribution in [3.63, 3.8) is 0 Å². The summed E-state index contributed by atoms with van der Waals surface area (Å²) in [6.45, 7) is 3.56. The monoisotopic (exact) mass is 253 g/mol. The van der Waals surface area contributed by atoms with Crippen LogP contribution in [0.3, 0.4) is 0 Å². The van der Waals surface area contributed by atoms with Gasteiger partial charge in [0.2, 0.25) is 0 Å². The van der Waals surface area contributed by atoms with E-state index in [1.807, 2.05) is 0 Å². The van der Waals surface area contributed by atoms with Gasteiger partial charge in [0, 0.05) is 18.7 Å². The maximum atomic E-state index is 11.2. The van der Waals surface area contributed by atoms with Crippen molar-refractivity contribution in [2.45, 2.75) is 18.6 Å². The zero-order valence-electron chi connectivity index (χ0n) is 9.23. The van der Waals surface area contributed by atoms with Gasteiger partial charge in [-0.05, 0) is 40.9 Å². The lowest BCUT2D eigenvalue weighted by molar-refractivity contribution is -0.109. The molecule has 2 rings (SSSR count). The van der Waals surface area contributed by atoms with Crippen molar-refractivity contribution in [2.75, 3.05) is 13.1 Å². The molecule has 0 spiro atoms. The average Bonchev–Trinajstić information content (AvgIpc) is 2.73. The summed E-state index contributed by atoms with van der Waals surface area (Å²) in [5, 5.41) is 8.15. The maximum absolute atomic E-state index is 11.2. The Morgan fingerprint density at radius 3 is 3.25 bits per heavy atom. The second-order valence-corrected chi connectivity index (χ2v) is 6.00. The first-order valence-electron chi connectivity index (χ1n) is 5.36. The summed E-state index contributed by atoms with van der Waals surface area (Å²) in [6.07, 6.45) is 3.25. The smallest absolute Gasteiger partial charge is 0.186 e. The van der Waals surface area contributed by atoms with Crippen LogP contribution < -0.4 is 5.32 Å². The fraction of sp³-hybridized carbons (Fsp3) is 0.417. The van der Waals surface area contributed by atoms with E-state index in [4.69, 9.17) is 0 Å². The first-order chi connectivity index (χ1) is 7.75. The summed E-state index contributed by atoms with van der Waals surface area (Å²) in [7, 11) is 0. The van der Waals surface area contributed by atoms with E-state index in [1.54, 1.807) is 18.3 Å². The molecule has 1 fully saturated rings. The molecular formula is C12H15NOS2. The van der Waals surface area contributed by atoms with E-state index >= 15 is 0 Å². The summed E-state index contributed by atoms with van der Waals surface area (Å²) in [6, 6.07) is 2.11. The summed E-state index contributed by atoms with van der Waals surface area (Å²) in [5.74, 6) is 0. The highest BCUT2D eigenvalue weighted by Crippen LogP contribution is 2.27. The predicted octanol–water partition coefficient (Wildman–Crippen LogP) is 2.77. The van der Waals surface area contributed by atoms with Crippen molar-refractivity contribution in [2.24, 2.45) is 0 Å². The van der Waals surface area contributed by atoms with Crippen molar-refractivity contribution in [1.29, 1.82) is 0 Å². The maximum Gasteiger partial charge on any atom is 0.186 e. The van der Waals surface area contributed by atoms with Gasteiger partial charge in [-0.25, -0.2) is 0 Å².